The zero-order chi connectivity index (χ0) is 14.7. The highest BCUT2D eigenvalue weighted by Gasteiger charge is 2.29. The van der Waals surface area contributed by atoms with Crippen LogP contribution in [0.15, 0.2) is 18.2 Å². The monoisotopic (exact) mass is 281 g/mol. The Hall–Kier alpha value is -1.78. The van der Waals surface area contributed by atoms with Crippen LogP contribution in [0, 0.1) is 17.6 Å². The Morgan fingerprint density at radius 3 is 2.60 bits per heavy atom. The van der Waals surface area contributed by atoms with E-state index in [1.54, 1.807) is 0 Å². The Bertz CT molecular complexity index is 510. The molecule has 1 aliphatic rings. The maximum atomic E-state index is 13.5. The quantitative estimate of drug-likeness (QED) is 0.852. The molecule has 0 radical (unpaired) electrons. The van der Waals surface area contributed by atoms with Crippen molar-refractivity contribution in [1.29, 1.82) is 0 Å². The lowest BCUT2D eigenvalue weighted by atomic mass is 9.93. The van der Waals surface area contributed by atoms with E-state index >= 15 is 0 Å². The molecule has 1 aliphatic heterocycles. The maximum Gasteiger partial charge on any atom is 0.227 e. The van der Waals surface area contributed by atoms with Gasteiger partial charge in [0.2, 0.25) is 5.91 Å². The number of carbonyl (C=O) groups is 2. The second-order valence-electron chi connectivity index (χ2n) is 5.04. The first kappa shape index (κ1) is 14.6. The third-order valence-corrected chi connectivity index (χ3v) is 3.76. The Morgan fingerprint density at radius 2 is 2.00 bits per heavy atom. The number of piperidine rings is 1. The maximum absolute atomic E-state index is 13.5. The highest BCUT2D eigenvalue weighted by Crippen LogP contribution is 2.19. The molecule has 1 amide bonds. The van der Waals surface area contributed by atoms with Crippen molar-refractivity contribution >= 4 is 11.7 Å². The van der Waals surface area contributed by atoms with E-state index in [1.807, 2.05) is 6.92 Å². The van der Waals surface area contributed by atoms with Crippen LogP contribution in [0.4, 0.5) is 8.78 Å². The van der Waals surface area contributed by atoms with Gasteiger partial charge in [-0.05, 0) is 18.6 Å². The molecule has 2 rings (SSSR count). The number of carbonyl (C=O) groups excluding carboxylic acids is 2. The SMILES string of the molecule is CCC1CN(C(=O)Cc2c(F)cccc2F)CCC1=O. The number of amides is 1. The molecule has 20 heavy (non-hydrogen) atoms. The molecular formula is C15H17F2NO2. The fourth-order valence-electron chi connectivity index (χ4n) is 2.46. The smallest absolute Gasteiger partial charge is 0.227 e. The summed E-state index contributed by atoms with van der Waals surface area (Å²) >= 11 is 0. The summed E-state index contributed by atoms with van der Waals surface area (Å²) in [6.07, 6.45) is 0.698. The molecule has 3 nitrogen and oxygen atoms in total. The van der Waals surface area contributed by atoms with Crippen molar-refractivity contribution in [3.63, 3.8) is 0 Å². The molecule has 5 heteroatoms. The normalized spacial score (nSPS) is 19.2. The summed E-state index contributed by atoms with van der Waals surface area (Å²) < 4.78 is 27.0. The Morgan fingerprint density at radius 1 is 1.35 bits per heavy atom. The fraction of sp³-hybridized carbons (Fsp3) is 0.467. The molecule has 0 spiro atoms. The second kappa shape index (κ2) is 6.11. The van der Waals surface area contributed by atoms with E-state index in [0.29, 0.717) is 25.9 Å². The molecular weight excluding hydrogens is 264 g/mol. The van der Waals surface area contributed by atoms with Gasteiger partial charge in [0.1, 0.15) is 17.4 Å². The van der Waals surface area contributed by atoms with Crippen LogP contribution in [0.1, 0.15) is 25.3 Å². The third kappa shape index (κ3) is 3.03. The van der Waals surface area contributed by atoms with Crippen molar-refractivity contribution in [1.82, 2.24) is 4.90 Å². The lowest BCUT2D eigenvalue weighted by molar-refractivity contribution is -0.136. The Balaban J connectivity index is 2.07. The molecule has 0 N–H and O–H groups in total. The number of hydrogen-bond acceptors (Lipinski definition) is 2. The summed E-state index contributed by atoms with van der Waals surface area (Å²) in [5.41, 5.74) is -0.206. The highest BCUT2D eigenvalue weighted by molar-refractivity contribution is 5.86. The molecule has 0 aromatic heterocycles. The van der Waals surface area contributed by atoms with Gasteiger partial charge in [0.05, 0.1) is 6.42 Å². The minimum absolute atomic E-state index is 0.154. The summed E-state index contributed by atoms with van der Waals surface area (Å²) in [5.74, 6) is -1.75. The van der Waals surface area contributed by atoms with E-state index in [1.165, 1.54) is 11.0 Å². The van der Waals surface area contributed by atoms with Gasteiger partial charge in [-0.2, -0.15) is 0 Å². The number of halogens is 2. The van der Waals surface area contributed by atoms with Gasteiger partial charge in [-0.25, -0.2) is 8.78 Å². The van der Waals surface area contributed by atoms with Gasteiger partial charge in [0.15, 0.2) is 0 Å². The first-order chi connectivity index (χ1) is 9.52. The fourth-order valence-corrected chi connectivity index (χ4v) is 2.46. The molecule has 0 saturated carbocycles. The van der Waals surface area contributed by atoms with Crippen molar-refractivity contribution in [2.24, 2.45) is 5.92 Å². The van der Waals surface area contributed by atoms with Crippen LogP contribution < -0.4 is 0 Å². The average molecular weight is 281 g/mol. The summed E-state index contributed by atoms with van der Waals surface area (Å²) in [6, 6.07) is 3.55. The van der Waals surface area contributed by atoms with E-state index < -0.39 is 11.6 Å². The van der Waals surface area contributed by atoms with Crippen molar-refractivity contribution in [2.45, 2.75) is 26.2 Å². The first-order valence-corrected chi connectivity index (χ1v) is 6.76. The molecule has 1 unspecified atom stereocenters. The molecule has 0 bridgehead atoms. The molecule has 1 fully saturated rings. The summed E-state index contributed by atoms with van der Waals surface area (Å²) in [4.78, 5) is 25.3. The third-order valence-electron chi connectivity index (χ3n) is 3.76. The number of Topliss-reactive ketones (excluding diaryl/α,β-unsaturated/α-hetero) is 1. The van der Waals surface area contributed by atoms with E-state index in [-0.39, 0.29) is 29.6 Å². The second-order valence-corrected chi connectivity index (χ2v) is 5.04. The van der Waals surface area contributed by atoms with Gasteiger partial charge in [-0.3, -0.25) is 9.59 Å². The predicted octanol–water partition coefficient (Wildman–Crippen LogP) is 2.33. The minimum Gasteiger partial charge on any atom is -0.341 e. The summed E-state index contributed by atoms with van der Waals surface area (Å²) in [6.45, 7) is 2.58. The molecule has 1 aromatic carbocycles. The van der Waals surface area contributed by atoms with Crippen LogP contribution in [0.2, 0.25) is 0 Å². The molecule has 1 atom stereocenters. The van der Waals surface area contributed by atoms with Gasteiger partial charge >= 0.3 is 0 Å². The van der Waals surface area contributed by atoms with E-state index in [0.717, 1.165) is 12.1 Å². The highest BCUT2D eigenvalue weighted by atomic mass is 19.1. The van der Waals surface area contributed by atoms with Crippen LogP contribution in [0.25, 0.3) is 0 Å². The molecule has 1 heterocycles. The van der Waals surface area contributed by atoms with E-state index in [9.17, 15) is 18.4 Å². The van der Waals surface area contributed by atoms with Gasteiger partial charge < -0.3 is 4.90 Å². The number of hydrogen-bond donors (Lipinski definition) is 0. The molecule has 1 aromatic rings. The van der Waals surface area contributed by atoms with E-state index in [2.05, 4.69) is 0 Å². The number of nitrogens with zero attached hydrogens (tertiary/aromatic N) is 1. The number of benzene rings is 1. The van der Waals surface area contributed by atoms with Crippen LogP contribution in [-0.4, -0.2) is 29.7 Å². The summed E-state index contributed by atoms with van der Waals surface area (Å²) in [5, 5.41) is 0. The van der Waals surface area contributed by atoms with E-state index in [4.69, 9.17) is 0 Å². The number of likely N-dealkylation sites (tertiary alicyclic amines) is 1. The van der Waals surface area contributed by atoms with Crippen molar-refractivity contribution in [3.8, 4) is 0 Å². The lowest BCUT2D eigenvalue weighted by Gasteiger charge is -2.31. The summed E-state index contributed by atoms with van der Waals surface area (Å²) in [7, 11) is 0. The molecule has 108 valence electrons. The molecule has 1 saturated heterocycles. The topological polar surface area (TPSA) is 37.4 Å². The largest absolute Gasteiger partial charge is 0.341 e. The zero-order valence-corrected chi connectivity index (χ0v) is 11.4. The Labute approximate surface area is 116 Å². The van der Waals surface area contributed by atoms with Gasteiger partial charge in [0.25, 0.3) is 0 Å². The van der Waals surface area contributed by atoms with Crippen molar-refractivity contribution in [3.05, 3.63) is 35.4 Å². The van der Waals surface area contributed by atoms with Crippen molar-refractivity contribution < 1.29 is 18.4 Å². The number of rotatable bonds is 3. The standard InChI is InChI=1S/C15H17F2NO2/c1-2-10-9-18(7-6-14(10)19)15(20)8-11-12(16)4-3-5-13(11)17/h3-5,10H,2,6-9H2,1H3. The zero-order valence-electron chi connectivity index (χ0n) is 11.4. The minimum atomic E-state index is -0.710. The Kier molecular flexibility index (Phi) is 4.47. The van der Waals surface area contributed by atoms with Crippen LogP contribution in [-0.2, 0) is 16.0 Å². The van der Waals surface area contributed by atoms with Crippen LogP contribution in [0.5, 0.6) is 0 Å². The number of ketones is 1. The van der Waals surface area contributed by atoms with Crippen molar-refractivity contribution in [2.75, 3.05) is 13.1 Å². The van der Waals surface area contributed by atoms with Gasteiger partial charge in [0, 0.05) is 31.0 Å². The lowest BCUT2D eigenvalue weighted by Crippen LogP contribution is -2.44. The van der Waals surface area contributed by atoms with Crippen LogP contribution >= 0.6 is 0 Å². The molecule has 0 aliphatic carbocycles. The van der Waals surface area contributed by atoms with Crippen LogP contribution in [0.3, 0.4) is 0 Å². The van der Waals surface area contributed by atoms with Gasteiger partial charge in [-0.1, -0.05) is 13.0 Å². The predicted molar refractivity (Wildman–Crippen MR) is 70.0 cm³/mol. The van der Waals surface area contributed by atoms with Gasteiger partial charge in [-0.15, -0.1) is 0 Å². The first-order valence-electron chi connectivity index (χ1n) is 6.76. The average Bonchev–Trinajstić information content (AvgIpc) is 2.43.